The van der Waals surface area contributed by atoms with Gasteiger partial charge in [0.2, 0.25) is 0 Å². The third-order valence-corrected chi connectivity index (χ3v) is 2.98. The van der Waals surface area contributed by atoms with E-state index in [1.54, 1.807) is 0 Å². The predicted octanol–water partition coefficient (Wildman–Crippen LogP) is 5.14. The van der Waals surface area contributed by atoms with Gasteiger partial charge in [0.15, 0.2) is 0 Å². The second-order valence-electron chi connectivity index (χ2n) is 4.17. The molecule has 1 aromatic carbocycles. The third kappa shape index (κ3) is 2.90. The van der Waals surface area contributed by atoms with Crippen LogP contribution in [0.4, 0.5) is 0 Å². The van der Waals surface area contributed by atoms with Crippen molar-refractivity contribution in [3.63, 3.8) is 0 Å². The van der Waals surface area contributed by atoms with Crippen molar-refractivity contribution in [1.82, 2.24) is 0 Å². The molecule has 0 N–H and O–H groups in total. The first-order valence-electron chi connectivity index (χ1n) is 4.96. The van der Waals surface area contributed by atoms with Crippen molar-refractivity contribution in [2.24, 2.45) is 5.92 Å². The van der Waals surface area contributed by atoms with E-state index >= 15 is 0 Å². The lowest BCUT2D eigenvalue weighted by molar-refractivity contribution is 0.524. The van der Waals surface area contributed by atoms with Crippen LogP contribution in [0.15, 0.2) is 18.2 Å². The molecule has 0 aliphatic rings. The minimum Gasteiger partial charge on any atom is -0.0840 e. The minimum atomic E-state index is 0.427. The van der Waals surface area contributed by atoms with Gasteiger partial charge < -0.3 is 0 Å². The van der Waals surface area contributed by atoms with E-state index in [1.807, 2.05) is 18.2 Å². The predicted molar refractivity (Wildman–Crippen MR) is 64.3 cm³/mol. The first-order chi connectivity index (χ1) is 6.52. The molecule has 0 aliphatic carbocycles. The summed E-state index contributed by atoms with van der Waals surface area (Å²) in [5.41, 5.74) is 1.09. The smallest absolute Gasteiger partial charge is 0.0455 e. The monoisotopic (exact) mass is 230 g/mol. The number of rotatable bonds is 3. The van der Waals surface area contributed by atoms with Crippen LogP contribution in [0.25, 0.3) is 0 Å². The van der Waals surface area contributed by atoms with Crippen LogP contribution in [0, 0.1) is 5.92 Å². The molecule has 0 nitrogen and oxygen atoms in total. The van der Waals surface area contributed by atoms with Gasteiger partial charge in [-0.15, -0.1) is 0 Å². The molecule has 0 amide bonds. The summed E-state index contributed by atoms with van der Waals surface area (Å²) >= 11 is 12.2. The highest BCUT2D eigenvalue weighted by molar-refractivity contribution is 6.36. The summed E-state index contributed by atoms with van der Waals surface area (Å²) < 4.78 is 0. The van der Waals surface area contributed by atoms with Crippen LogP contribution in [0.5, 0.6) is 0 Å². The fourth-order valence-electron chi connectivity index (χ4n) is 1.81. The summed E-state index contributed by atoms with van der Waals surface area (Å²) in [7, 11) is 0. The van der Waals surface area contributed by atoms with E-state index in [1.165, 1.54) is 0 Å². The van der Waals surface area contributed by atoms with Gasteiger partial charge >= 0.3 is 0 Å². The van der Waals surface area contributed by atoms with Crippen LogP contribution in [-0.4, -0.2) is 0 Å². The lowest BCUT2D eigenvalue weighted by Crippen LogP contribution is -2.00. The molecule has 1 unspecified atom stereocenters. The Hall–Kier alpha value is -0.200. The molecule has 0 aliphatic heterocycles. The quantitative estimate of drug-likeness (QED) is 0.675. The van der Waals surface area contributed by atoms with E-state index in [-0.39, 0.29) is 0 Å². The summed E-state index contributed by atoms with van der Waals surface area (Å²) in [6.07, 6.45) is 1.11. The summed E-state index contributed by atoms with van der Waals surface area (Å²) in [4.78, 5) is 0. The van der Waals surface area contributed by atoms with Crippen LogP contribution < -0.4 is 0 Å². The topological polar surface area (TPSA) is 0 Å². The molecule has 1 aromatic rings. The van der Waals surface area contributed by atoms with Gasteiger partial charge in [-0.2, -0.15) is 0 Å². The minimum absolute atomic E-state index is 0.427. The lowest BCUT2D eigenvalue weighted by Gasteiger charge is -2.17. The molecule has 1 atom stereocenters. The van der Waals surface area contributed by atoms with Crippen molar-refractivity contribution in [3.8, 4) is 0 Å². The average molecular weight is 231 g/mol. The maximum atomic E-state index is 6.12. The highest BCUT2D eigenvalue weighted by Crippen LogP contribution is 2.34. The van der Waals surface area contributed by atoms with Crippen LogP contribution >= 0.6 is 23.2 Å². The Morgan fingerprint density at radius 2 is 1.57 bits per heavy atom. The Labute approximate surface area is 96.2 Å². The molecule has 0 saturated heterocycles. The molecule has 0 radical (unpaired) electrons. The third-order valence-electron chi connectivity index (χ3n) is 2.32. The second-order valence-corrected chi connectivity index (χ2v) is 4.98. The number of halogens is 2. The van der Waals surface area contributed by atoms with Gasteiger partial charge in [0.25, 0.3) is 0 Å². The zero-order chi connectivity index (χ0) is 10.7. The molecule has 0 saturated carbocycles. The van der Waals surface area contributed by atoms with E-state index in [9.17, 15) is 0 Å². The fourth-order valence-corrected chi connectivity index (χ4v) is 2.58. The highest BCUT2D eigenvalue weighted by Gasteiger charge is 2.14. The van der Waals surface area contributed by atoms with E-state index in [0.29, 0.717) is 11.8 Å². The average Bonchev–Trinajstić information content (AvgIpc) is 2.01. The van der Waals surface area contributed by atoms with Crippen molar-refractivity contribution < 1.29 is 0 Å². The zero-order valence-electron chi connectivity index (χ0n) is 8.85. The fraction of sp³-hybridized carbons (Fsp3) is 0.500. The molecule has 78 valence electrons. The van der Waals surface area contributed by atoms with Crippen LogP contribution in [0.3, 0.4) is 0 Å². The van der Waals surface area contributed by atoms with E-state index in [4.69, 9.17) is 23.2 Å². The van der Waals surface area contributed by atoms with E-state index < -0.39 is 0 Å². The van der Waals surface area contributed by atoms with Crippen molar-refractivity contribution in [1.29, 1.82) is 0 Å². The van der Waals surface area contributed by atoms with Gasteiger partial charge in [0, 0.05) is 10.0 Å². The summed E-state index contributed by atoms with van der Waals surface area (Å²) in [5.74, 6) is 1.09. The number of benzene rings is 1. The van der Waals surface area contributed by atoms with E-state index in [0.717, 1.165) is 22.0 Å². The van der Waals surface area contributed by atoms with E-state index in [2.05, 4.69) is 20.8 Å². The van der Waals surface area contributed by atoms with Crippen molar-refractivity contribution in [3.05, 3.63) is 33.8 Å². The van der Waals surface area contributed by atoms with Gasteiger partial charge in [0.1, 0.15) is 0 Å². The molecule has 2 heteroatoms. The van der Waals surface area contributed by atoms with Gasteiger partial charge in [-0.05, 0) is 36.0 Å². The summed E-state index contributed by atoms with van der Waals surface area (Å²) in [6.45, 7) is 6.59. The van der Waals surface area contributed by atoms with Crippen LogP contribution in [0.2, 0.25) is 10.0 Å². The van der Waals surface area contributed by atoms with Gasteiger partial charge in [0.05, 0.1) is 0 Å². The molecule has 1 rings (SSSR count). The standard InChI is InChI=1S/C12H16Cl2/c1-8(2)7-9(3)12-10(13)5-4-6-11(12)14/h4-6,8-9H,7H2,1-3H3. The van der Waals surface area contributed by atoms with Crippen LogP contribution in [0.1, 0.15) is 38.7 Å². The normalized spacial score (nSPS) is 13.3. The molecule has 0 heterocycles. The molecule has 0 fully saturated rings. The first-order valence-corrected chi connectivity index (χ1v) is 5.72. The summed E-state index contributed by atoms with van der Waals surface area (Å²) in [5, 5.41) is 1.57. The summed E-state index contributed by atoms with van der Waals surface area (Å²) in [6, 6.07) is 5.69. The second kappa shape index (κ2) is 5.04. The Morgan fingerprint density at radius 1 is 1.07 bits per heavy atom. The molecule has 0 spiro atoms. The Morgan fingerprint density at radius 3 is 2.00 bits per heavy atom. The lowest BCUT2D eigenvalue weighted by atomic mass is 9.92. The van der Waals surface area contributed by atoms with Crippen molar-refractivity contribution in [2.75, 3.05) is 0 Å². The molecular weight excluding hydrogens is 215 g/mol. The van der Waals surface area contributed by atoms with Crippen molar-refractivity contribution in [2.45, 2.75) is 33.1 Å². The first kappa shape index (κ1) is 11.9. The molecule has 14 heavy (non-hydrogen) atoms. The maximum absolute atomic E-state index is 6.12. The van der Waals surface area contributed by atoms with Gasteiger partial charge in [-0.1, -0.05) is 50.0 Å². The number of hydrogen-bond donors (Lipinski definition) is 0. The SMILES string of the molecule is CC(C)CC(C)c1c(Cl)cccc1Cl. The molecular formula is C12H16Cl2. The molecule has 0 aromatic heterocycles. The number of hydrogen-bond acceptors (Lipinski definition) is 0. The molecule has 0 bridgehead atoms. The highest BCUT2D eigenvalue weighted by atomic mass is 35.5. The Bertz CT molecular complexity index is 285. The van der Waals surface area contributed by atoms with Crippen LogP contribution in [-0.2, 0) is 0 Å². The maximum Gasteiger partial charge on any atom is 0.0455 e. The van der Waals surface area contributed by atoms with Gasteiger partial charge in [-0.25, -0.2) is 0 Å². The Kier molecular flexibility index (Phi) is 4.28. The Balaban J connectivity index is 2.94. The van der Waals surface area contributed by atoms with Gasteiger partial charge in [-0.3, -0.25) is 0 Å². The van der Waals surface area contributed by atoms with Crippen molar-refractivity contribution >= 4 is 23.2 Å². The largest absolute Gasteiger partial charge is 0.0840 e. The zero-order valence-corrected chi connectivity index (χ0v) is 10.4.